The van der Waals surface area contributed by atoms with Gasteiger partial charge in [-0.1, -0.05) is 41.6 Å². The summed E-state index contributed by atoms with van der Waals surface area (Å²) in [6, 6.07) is 11.4. The van der Waals surface area contributed by atoms with E-state index in [9.17, 15) is 4.79 Å². The van der Waals surface area contributed by atoms with Crippen LogP contribution >= 0.6 is 23.4 Å². The summed E-state index contributed by atoms with van der Waals surface area (Å²) in [5, 5.41) is 4.91. The first-order valence-corrected chi connectivity index (χ1v) is 12.1. The number of amides is 1. The number of rotatable bonds is 7. The van der Waals surface area contributed by atoms with E-state index in [0.29, 0.717) is 23.0 Å². The van der Waals surface area contributed by atoms with Crippen LogP contribution in [0, 0.1) is 6.92 Å². The Balaban J connectivity index is 1.54. The number of ether oxygens (including phenoxy) is 2. The molecule has 1 aliphatic rings. The summed E-state index contributed by atoms with van der Waals surface area (Å²) in [6.07, 6.45) is 0. The molecule has 0 radical (unpaired) electrons. The highest BCUT2D eigenvalue weighted by molar-refractivity contribution is 8.00. The number of carbonyl (C=O) groups excluding carboxylic acids is 1. The van der Waals surface area contributed by atoms with Gasteiger partial charge in [-0.25, -0.2) is 9.97 Å². The summed E-state index contributed by atoms with van der Waals surface area (Å²) in [4.78, 5) is 24.9. The highest BCUT2D eigenvalue weighted by atomic mass is 35.5. The third kappa shape index (κ3) is 5.76. The van der Waals surface area contributed by atoms with E-state index in [2.05, 4.69) is 10.2 Å². The predicted octanol–water partition coefficient (Wildman–Crippen LogP) is 4.55. The summed E-state index contributed by atoms with van der Waals surface area (Å²) in [5.74, 6) is 1.13. The van der Waals surface area contributed by atoms with E-state index in [1.165, 1.54) is 11.8 Å². The fourth-order valence-corrected chi connectivity index (χ4v) is 4.71. The lowest BCUT2D eigenvalue weighted by atomic mass is 10.2. The molecule has 0 saturated carbocycles. The number of aryl methyl sites for hydroxylation is 1. The molecule has 174 valence electrons. The lowest BCUT2D eigenvalue weighted by Gasteiger charge is -2.26. The van der Waals surface area contributed by atoms with Crippen LogP contribution in [-0.2, 0) is 16.1 Å². The van der Waals surface area contributed by atoms with Gasteiger partial charge in [-0.15, -0.1) is 0 Å². The molecule has 1 fully saturated rings. The Kier molecular flexibility index (Phi) is 7.70. The smallest absolute Gasteiger partial charge is 0.237 e. The average Bonchev–Trinajstić information content (AvgIpc) is 2.82. The molecule has 33 heavy (non-hydrogen) atoms. The fourth-order valence-electron chi connectivity index (χ4n) is 3.60. The molecule has 0 aliphatic carbocycles. The van der Waals surface area contributed by atoms with E-state index in [0.717, 1.165) is 53.6 Å². The van der Waals surface area contributed by atoms with Gasteiger partial charge in [0.2, 0.25) is 5.91 Å². The molecule has 3 aromatic rings. The Hall–Kier alpha value is -2.39. The van der Waals surface area contributed by atoms with Crippen molar-refractivity contribution in [1.82, 2.24) is 14.9 Å². The van der Waals surface area contributed by atoms with Crippen LogP contribution in [0.1, 0.15) is 18.3 Å². The minimum atomic E-state index is -0.389. The van der Waals surface area contributed by atoms with Crippen LogP contribution in [-0.4, -0.2) is 59.4 Å². The van der Waals surface area contributed by atoms with Crippen LogP contribution in [0.25, 0.3) is 10.9 Å². The van der Waals surface area contributed by atoms with E-state index in [1.54, 1.807) is 13.2 Å². The van der Waals surface area contributed by atoms with Crippen molar-refractivity contribution < 1.29 is 14.3 Å². The van der Waals surface area contributed by atoms with Crippen molar-refractivity contribution in [1.29, 1.82) is 0 Å². The Labute approximate surface area is 202 Å². The second-order valence-electron chi connectivity index (χ2n) is 7.90. The number of anilines is 1. The van der Waals surface area contributed by atoms with Crippen molar-refractivity contribution in [3.8, 4) is 5.75 Å². The van der Waals surface area contributed by atoms with E-state index in [-0.39, 0.29) is 11.2 Å². The van der Waals surface area contributed by atoms with Crippen molar-refractivity contribution in [3.05, 3.63) is 52.8 Å². The number of nitrogens with zero attached hydrogens (tertiary/aromatic N) is 3. The van der Waals surface area contributed by atoms with Crippen LogP contribution in [0.2, 0.25) is 5.02 Å². The number of carbonyl (C=O) groups is 1. The van der Waals surface area contributed by atoms with Gasteiger partial charge < -0.3 is 14.8 Å². The van der Waals surface area contributed by atoms with E-state index < -0.39 is 0 Å². The topological polar surface area (TPSA) is 76.6 Å². The van der Waals surface area contributed by atoms with Crippen molar-refractivity contribution in [2.45, 2.75) is 30.7 Å². The molecule has 2 aromatic carbocycles. The Bertz CT molecular complexity index is 1150. The Morgan fingerprint density at radius 3 is 2.79 bits per heavy atom. The van der Waals surface area contributed by atoms with E-state index in [4.69, 9.17) is 31.0 Å². The quantitative estimate of drug-likeness (QED) is 0.387. The normalized spacial score (nSPS) is 15.4. The summed E-state index contributed by atoms with van der Waals surface area (Å²) in [7, 11) is 1.55. The largest absolute Gasteiger partial charge is 0.495 e. The third-order valence-corrected chi connectivity index (χ3v) is 6.99. The van der Waals surface area contributed by atoms with Crippen molar-refractivity contribution >= 4 is 45.9 Å². The minimum Gasteiger partial charge on any atom is -0.495 e. The first-order chi connectivity index (χ1) is 15.9. The molecule has 1 aromatic heterocycles. The van der Waals surface area contributed by atoms with Crippen molar-refractivity contribution in [2.75, 3.05) is 38.7 Å². The number of fused-ring (bicyclic) bond motifs is 1. The number of benzene rings is 2. The van der Waals surface area contributed by atoms with Gasteiger partial charge in [0, 0.05) is 29.6 Å². The number of thioether (sulfide) groups is 1. The summed E-state index contributed by atoms with van der Waals surface area (Å²) < 4.78 is 10.8. The Morgan fingerprint density at radius 1 is 1.27 bits per heavy atom. The van der Waals surface area contributed by atoms with Crippen LogP contribution in [0.4, 0.5) is 5.69 Å². The molecular weight excluding hydrogens is 460 g/mol. The summed E-state index contributed by atoms with van der Waals surface area (Å²) in [6.45, 7) is 7.58. The average molecular weight is 487 g/mol. The molecule has 4 rings (SSSR count). The number of morpholine rings is 1. The molecule has 0 spiro atoms. The predicted molar refractivity (Wildman–Crippen MR) is 132 cm³/mol. The number of methoxy groups -OCH3 is 1. The molecule has 0 bridgehead atoms. The van der Waals surface area contributed by atoms with Crippen LogP contribution in [0.15, 0.2) is 41.4 Å². The second kappa shape index (κ2) is 10.7. The zero-order chi connectivity index (χ0) is 23.4. The molecule has 1 atom stereocenters. The van der Waals surface area contributed by atoms with Gasteiger partial charge in [0.1, 0.15) is 16.6 Å². The molecule has 2 heterocycles. The maximum atomic E-state index is 13.0. The van der Waals surface area contributed by atoms with Gasteiger partial charge in [0.05, 0.1) is 43.3 Å². The monoisotopic (exact) mass is 486 g/mol. The molecular formula is C24H27ClN4O3S. The molecule has 1 unspecified atom stereocenters. The van der Waals surface area contributed by atoms with Crippen molar-refractivity contribution in [2.24, 2.45) is 0 Å². The highest BCUT2D eigenvalue weighted by Crippen LogP contribution is 2.33. The number of hydrogen-bond acceptors (Lipinski definition) is 7. The third-order valence-electron chi connectivity index (χ3n) is 5.48. The van der Waals surface area contributed by atoms with E-state index in [1.807, 2.05) is 44.2 Å². The molecule has 1 aliphatic heterocycles. The van der Waals surface area contributed by atoms with Crippen LogP contribution < -0.4 is 10.1 Å². The molecule has 7 nitrogen and oxygen atoms in total. The molecule has 9 heteroatoms. The van der Waals surface area contributed by atoms with E-state index >= 15 is 0 Å². The number of nitrogens with one attached hydrogen (secondary N) is 1. The summed E-state index contributed by atoms with van der Waals surface area (Å²) in [5.41, 5.74) is 2.33. The minimum absolute atomic E-state index is 0.141. The Morgan fingerprint density at radius 2 is 2.03 bits per heavy atom. The van der Waals surface area contributed by atoms with Gasteiger partial charge in [0.25, 0.3) is 0 Å². The van der Waals surface area contributed by atoms with Gasteiger partial charge in [-0.3, -0.25) is 9.69 Å². The van der Waals surface area contributed by atoms with Gasteiger partial charge in [-0.2, -0.15) is 0 Å². The first kappa shape index (κ1) is 23.8. The number of para-hydroxylation sites is 1. The van der Waals surface area contributed by atoms with Crippen molar-refractivity contribution in [3.63, 3.8) is 0 Å². The zero-order valence-electron chi connectivity index (χ0n) is 18.9. The molecule has 1 saturated heterocycles. The maximum Gasteiger partial charge on any atom is 0.237 e. The zero-order valence-corrected chi connectivity index (χ0v) is 20.5. The standard InChI is InChI=1S/C24H27ClN4O3S/c1-15-12-20(21(31-3)13-18(15)25)27-23(30)16(2)33-24-17-6-4-5-7-19(17)26-22(28-24)14-29-8-10-32-11-9-29/h4-7,12-13,16H,8-11,14H2,1-3H3,(H,27,30). The maximum absolute atomic E-state index is 13.0. The van der Waals surface area contributed by atoms with Crippen LogP contribution in [0.3, 0.4) is 0 Å². The van der Waals surface area contributed by atoms with Crippen LogP contribution in [0.5, 0.6) is 5.75 Å². The number of aromatic nitrogens is 2. The van der Waals surface area contributed by atoms with Gasteiger partial charge >= 0.3 is 0 Å². The number of hydrogen-bond donors (Lipinski definition) is 1. The molecule has 1 N–H and O–H groups in total. The summed E-state index contributed by atoms with van der Waals surface area (Å²) >= 11 is 7.61. The highest BCUT2D eigenvalue weighted by Gasteiger charge is 2.21. The fraction of sp³-hybridized carbons (Fsp3) is 0.375. The number of halogens is 1. The SMILES string of the molecule is COc1cc(Cl)c(C)cc1NC(=O)C(C)Sc1nc(CN2CCOCC2)nc2ccccc12. The second-order valence-corrected chi connectivity index (χ2v) is 9.64. The lowest BCUT2D eigenvalue weighted by Crippen LogP contribution is -2.36. The van der Waals surface area contributed by atoms with Gasteiger partial charge in [-0.05, 0) is 31.5 Å². The molecule has 1 amide bonds. The van der Waals surface area contributed by atoms with Gasteiger partial charge in [0.15, 0.2) is 0 Å². The lowest BCUT2D eigenvalue weighted by molar-refractivity contribution is -0.115. The first-order valence-electron chi connectivity index (χ1n) is 10.8.